The first-order valence-electron chi connectivity index (χ1n) is 6.12. The fourth-order valence-corrected chi connectivity index (χ4v) is 1.90. The van der Waals surface area contributed by atoms with Gasteiger partial charge in [-0.25, -0.2) is 0 Å². The van der Waals surface area contributed by atoms with E-state index in [-0.39, 0.29) is 12.0 Å². The SMILES string of the molecule is CCC(O)CCNC(=O)/C=C/c1ccc(Cl)cc1Cl. The van der Waals surface area contributed by atoms with Gasteiger partial charge in [-0.2, -0.15) is 0 Å². The molecule has 19 heavy (non-hydrogen) atoms. The zero-order chi connectivity index (χ0) is 14.3. The Balaban J connectivity index is 2.45. The number of carbonyl (C=O) groups is 1. The number of amides is 1. The van der Waals surface area contributed by atoms with Crippen molar-refractivity contribution >= 4 is 35.2 Å². The van der Waals surface area contributed by atoms with Crippen LogP contribution in [0.1, 0.15) is 25.3 Å². The van der Waals surface area contributed by atoms with Gasteiger partial charge in [0.2, 0.25) is 5.91 Å². The van der Waals surface area contributed by atoms with Gasteiger partial charge in [0.25, 0.3) is 0 Å². The minimum atomic E-state index is -0.366. The summed E-state index contributed by atoms with van der Waals surface area (Å²) >= 11 is 11.8. The molecule has 0 bridgehead atoms. The van der Waals surface area contributed by atoms with E-state index in [1.165, 1.54) is 6.08 Å². The number of carbonyl (C=O) groups excluding carboxylic acids is 1. The van der Waals surface area contributed by atoms with Gasteiger partial charge in [0.05, 0.1) is 6.10 Å². The molecule has 0 aliphatic carbocycles. The molecular formula is C14H17Cl2NO2. The number of halogens is 2. The molecule has 0 heterocycles. The molecule has 0 radical (unpaired) electrons. The van der Waals surface area contributed by atoms with Gasteiger partial charge < -0.3 is 10.4 Å². The minimum Gasteiger partial charge on any atom is -0.393 e. The minimum absolute atomic E-state index is 0.214. The lowest BCUT2D eigenvalue weighted by atomic mass is 10.2. The van der Waals surface area contributed by atoms with Crippen LogP contribution in [0.4, 0.5) is 0 Å². The van der Waals surface area contributed by atoms with Crippen molar-refractivity contribution in [1.29, 1.82) is 0 Å². The van der Waals surface area contributed by atoms with Crippen molar-refractivity contribution in [1.82, 2.24) is 5.32 Å². The molecule has 104 valence electrons. The van der Waals surface area contributed by atoms with Gasteiger partial charge in [0.1, 0.15) is 0 Å². The molecule has 1 atom stereocenters. The van der Waals surface area contributed by atoms with E-state index in [9.17, 15) is 9.90 Å². The Morgan fingerprint density at radius 3 is 2.84 bits per heavy atom. The summed E-state index contributed by atoms with van der Waals surface area (Å²) in [6.07, 6.45) is 3.91. The van der Waals surface area contributed by atoms with E-state index in [0.29, 0.717) is 29.4 Å². The molecular weight excluding hydrogens is 285 g/mol. The van der Waals surface area contributed by atoms with Gasteiger partial charge in [0.15, 0.2) is 0 Å². The van der Waals surface area contributed by atoms with Crippen LogP contribution < -0.4 is 5.32 Å². The van der Waals surface area contributed by atoms with Crippen LogP contribution in [-0.4, -0.2) is 23.7 Å². The van der Waals surface area contributed by atoms with E-state index in [4.69, 9.17) is 23.2 Å². The third kappa shape index (κ3) is 6.10. The van der Waals surface area contributed by atoms with Crippen LogP contribution in [-0.2, 0) is 4.79 Å². The molecule has 0 aliphatic heterocycles. The van der Waals surface area contributed by atoms with E-state index in [0.717, 1.165) is 5.56 Å². The normalized spacial score (nSPS) is 12.6. The van der Waals surface area contributed by atoms with Crippen molar-refractivity contribution in [2.24, 2.45) is 0 Å². The Morgan fingerprint density at radius 2 is 2.21 bits per heavy atom. The number of aliphatic hydroxyl groups excluding tert-OH is 1. The van der Waals surface area contributed by atoms with Crippen LogP contribution >= 0.6 is 23.2 Å². The number of hydrogen-bond donors (Lipinski definition) is 2. The largest absolute Gasteiger partial charge is 0.393 e. The van der Waals surface area contributed by atoms with Gasteiger partial charge in [-0.15, -0.1) is 0 Å². The highest BCUT2D eigenvalue weighted by Gasteiger charge is 2.02. The van der Waals surface area contributed by atoms with Gasteiger partial charge in [-0.05, 0) is 36.6 Å². The molecule has 0 spiro atoms. The second-order valence-electron chi connectivity index (χ2n) is 4.14. The molecule has 1 rings (SSSR count). The highest BCUT2D eigenvalue weighted by Crippen LogP contribution is 2.21. The number of nitrogens with one attached hydrogen (secondary N) is 1. The zero-order valence-corrected chi connectivity index (χ0v) is 12.2. The van der Waals surface area contributed by atoms with E-state index in [1.807, 2.05) is 6.92 Å². The molecule has 2 N–H and O–H groups in total. The summed E-state index contributed by atoms with van der Waals surface area (Å²) in [6, 6.07) is 5.08. The molecule has 0 aromatic heterocycles. The number of hydrogen-bond acceptors (Lipinski definition) is 2. The van der Waals surface area contributed by atoms with Crippen LogP contribution in [0.25, 0.3) is 6.08 Å². The van der Waals surface area contributed by atoms with E-state index >= 15 is 0 Å². The number of benzene rings is 1. The molecule has 1 unspecified atom stereocenters. The van der Waals surface area contributed by atoms with Gasteiger partial charge in [0, 0.05) is 22.7 Å². The first kappa shape index (κ1) is 16.0. The first-order valence-corrected chi connectivity index (χ1v) is 6.87. The van der Waals surface area contributed by atoms with E-state index in [2.05, 4.69) is 5.32 Å². The first-order chi connectivity index (χ1) is 9.02. The maximum absolute atomic E-state index is 11.5. The maximum atomic E-state index is 11.5. The summed E-state index contributed by atoms with van der Waals surface area (Å²) in [5.74, 6) is -0.214. The molecule has 5 heteroatoms. The van der Waals surface area contributed by atoms with Gasteiger partial charge in [-0.3, -0.25) is 4.79 Å². The molecule has 0 saturated carbocycles. The Kier molecular flexibility index (Phi) is 6.92. The molecule has 1 aromatic rings. The van der Waals surface area contributed by atoms with Crippen molar-refractivity contribution in [3.05, 3.63) is 39.9 Å². The Hall–Kier alpha value is -1.03. The third-order valence-corrected chi connectivity index (χ3v) is 3.19. The average Bonchev–Trinajstić information content (AvgIpc) is 2.37. The van der Waals surface area contributed by atoms with Gasteiger partial charge in [-0.1, -0.05) is 36.2 Å². The van der Waals surface area contributed by atoms with E-state index in [1.54, 1.807) is 24.3 Å². The quantitative estimate of drug-likeness (QED) is 0.792. The predicted molar refractivity (Wildman–Crippen MR) is 79.4 cm³/mol. The van der Waals surface area contributed by atoms with Crippen molar-refractivity contribution in [3.63, 3.8) is 0 Å². The van der Waals surface area contributed by atoms with Crippen LogP contribution in [0.2, 0.25) is 10.0 Å². The second-order valence-corrected chi connectivity index (χ2v) is 4.98. The van der Waals surface area contributed by atoms with Crippen molar-refractivity contribution in [2.75, 3.05) is 6.54 Å². The molecule has 1 amide bonds. The number of rotatable bonds is 6. The predicted octanol–water partition coefficient (Wildman–Crippen LogP) is 3.28. The van der Waals surface area contributed by atoms with Crippen LogP contribution in [0.15, 0.2) is 24.3 Å². The summed E-state index contributed by atoms with van der Waals surface area (Å²) in [5, 5.41) is 13.1. The summed E-state index contributed by atoms with van der Waals surface area (Å²) in [7, 11) is 0. The lowest BCUT2D eigenvalue weighted by molar-refractivity contribution is -0.116. The lowest BCUT2D eigenvalue weighted by Crippen LogP contribution is -2.25. The molecule has 1 aromatic carbocycles. The smallest absolute Gasteiger partial charge is 0.244 e. The highest BCUT2D eigenvalue weighted by molar-refractivity contribution is 6.35. The van der Waals surface area contributed by atoms with Crippen molar-refractivity contribution < 1.29 is 9.90 Å². The average molecular weight is 302 g/mol. The van der Waals surface area contributed by atoms with Crippen molar-refractivity contribution in [3.8, 4) is 0 Å². The van der Waals surface area contributed by atoms with Crippen molar-refractivity contribution in [2.45, 2.75) is 25.9 Å². The zero-order valence-electron chi connectivity index (χ0n) is 10.7. The standard InChI is InChI=1S/C14H17Cl2NO2/c1-2-12(18)7-8-17-14(19)6-4-10-3-5-11(15)9-13(10)16/h3-6,9,12,18H,2,7-8H2,1H3,(H,17,19)/b6-4+. The van der Waals surface area contributed by atoms with Gasteiger partial charge >= 0.3 is 0 Å². The van der Waals surface area contributed by atoms with Crippen LogP contribution in [0.5, 0.6) is 0 Å². The summed E-state index contributed by atoms with van der Waals surface area (Å²) in [4.78, 5) is 11.5. The molecule has 0 fully saturated rings. The van der Waals surface area contributed by atoms with Crippen LogP contribution in [0, 0.1) is 0 Å². The fourth-order valence-electron chi connectivity index (χ4n) is 1.43. The molecule has 0 saturated heterocycles. The summed E-state index contributed by atoms with van der Waals surface area (Å²) < 4.78 is 0. The monoisotopic (exact) mass is 301 g/mol. The third-order valence-electron chi connectivity index (χ3n) is 2.62. The maximum Gasteiger partial charge on any atom is 0.244 e. The van der Waals surface area contributed by atoms with Crippen LogP contribution in [0.3, 0.4) is 0 Å². The lowest BCUT2D eigenvalue weighted by Gasteiger charge is -2.07. The Bertz CT molecular complexity index is 461. The van der Waals surface area contributed by atoms with E-state index < -0.39 is 0 Å². The highest BCUT2D eigenvalue weighted by atomic mass is 35.5. The Labute approximate surface area is 123 Å². The second kappa shape index (κ2) is 8.20. The summed E-state index contributed by atoms with van der Waals surface area (Å²) in [5.41, 5.74) is 0.731. The molecule has 3 nitrogen and oxygen atoms in total. The molecule has 0 aliphatic rings. The summed E-state index contributed by atoms with van der Waals surface area (Å²) in [6.45, 7) is 2.35. The number of aliphatic hydroxyl groups is 1. The fraction of sp³-hybridized carbons (Fsp3) is 0.357. The Morgan fingerprint density at radius 1 is 1.47 bits per heavy atom. The topological polar surface area (TPSA) is 49.3 Å².